The molecule has 25 heavy (non-hydrogen) atoms. The van der Waals surface area contributed by atoms with Crippen molar-refractivity contribution in [3.8, 4) is 16.3 Å². The minimum atomic E-state index is -0.425. The predicted octanol–water partition coefficient (Wildman–Crippen LogP) is 4.16. The number of hydroxylamine groups is 1. The number of hydrogen-bond donors (Lipinski definition) is 2. The molecule has 0 aliphatic heterocycles. The normalized spacial score (nSPS) is 10.8. The van der Waals surface area contributed by atoms with Gasteiger partial charge < -0.3 is 4.74 Å². The van der Waals surface area contributed by atoms with Crippen molar-refractivity contribution in [1.29, 1.82) is 0 Å². The first-order valence-electron chi connectivity index (χ1n) is 7.88. The topological polar surface area (TPSA) is 71.5 Å². The first-order valence-corrected chi connectivity index (χ1v) is 8.70. The predicted molar refractivity (Wildman–Crippen MR) is 94.3 cm³/mol. The van der Waals surface area contributed by atoms with Crippen LogP contribution in [0.25, 0.3) is 20.8 Å². The number of rotatable bonds is 7. The number of nitrogens with one attached hydrogen (secondary N) is 1. The molecule has 0 spiro atoms. The van der Waals surface area contributed by atoms with E-state index in [9.17, 15) is 9.18 Å². The van der Waals surface area contributed by atoms with Gasteiger partial charge in [-0.15, -0.1) is 11.3 Å². The van der Waals surface area contributed by atoms with Crippen LogP contribution in [0.4, 0.5) is 4.39 Å². The Hall–Kier alpha value is -2.51. The molecule has 0 saturated heterocycles. The number of unbranched alkanes of at least 4 members (excludes halogenated alkanes) is 1. The van der Waals surface area contributed by atoms with E-state index in [1.165, 1.54) is 17.4 Å². The van der Waals surface area contributed by atoms with Crippen LogP contribution in [0.3, 0.4) is 0 Å². The van der Waals surface area contributed by atoms with Gasteiger partial charge in [-0.3, -0.25) is 10.0 Å². The Morgan fingerprint density at radius 1 is 1.24 bits per heavy atom. The lowest BCUT2D eigenvalue weighted by molar-refractivity contribution is -0.129. The van der Waals surface area contributed by atoms with E-state index in [0.29, 0.717) is 35.8 Å². The Kier molecular flexibility index (Phi) is 5.57. The van der Waals surface area contributed by atoms with Crippen molar-refractivity contribution in [2.24, 2.45) is 0 Å². The molecule has 0 radical (unpaired) electrons. The van der Waals surface area contributed by atoms with Gasteiger partial charge in [-0.1, -0.05) is 12.1 Å². The second-order valence-corrected chi connectivity index (χ2v) is 6.50. The lowest BCUT2D eigenvalue weighted by Gasteiger charge is -2.07. The van der Waals surface area contributed by atoms with Crippen LogP contribution in [-0.2, 0) is 4.79 Å². The van der Waals surface area contributed by atoms with Crippen LogP contribution in [-0.4, -0.2) is 22.7 Å². The van der Waals surface area contributed by atoms with Gasteiger partial charge in [-0.2, -0.15) is 0 Å². The Labute approximate surface area is 148 Å². The molecule has 0 aliphatic rings. The van der Waals surface area contributed by atoms with E-state index in [4.69, 9.17) is 9.94 Å². The number of carbonyl (C=O) groups is 1. The molecule has 2 N–H and O–H groups in total. The second kappa shape index (κ2) is 8.04. The number of halogens is 1. The maximum atomic E-state index is 14.4. The number of carbonyl (C=O) groups excluding carboxylic acids is 1. The number of nitrogens with zero attached hydrogens (tertiary/aromatic N) is 1. The molecule has 5 nitrogen and oxygen atoms in total. The zero-order valence-electron chi connectivity index (χ0n) is 13.4. The Balaban J connectivity index is 1.62. The van der Waals surface area contributed by atoms with E-state index in [1.807, 2.05) is 24.3 Å². The smallest absolute Gasteiger partial charge is 0.243 e. The quantitative estimate of drug-likeness (QED) is 0.377. The van der Waals surface area contributed by atoms with Crippen LogP contribution >= 0.6 is 11.3 Å². The molecule has 0 unspecified atom stereocenters. The summed E-state index contributed by atoms with van der Waals surface area (Å²) >= 11 is 1.45. The molecule has 3 rings (SSSR count). The third-order valence-corrected chi connectivity index (χ3v) is 4.73. The maximum Gasteiger partial charge on any atom is 0.243 e. The number of amides is 1. The number of thiazole rings is 1. The van der Waals surface area contributed by atoms with Gasteiger partial charge in [0.2, 0.25) is 5.91 Å². The van der Waals surface area contributed by atoms with Crippen molar-refractivity contribution in [2.75, 3.05) is 6.61 Å². The fourth-order valence-corrected chi connectivity index (χ4v) is 3.37. The van der Waals surface area contributed by atoms with Crippen molar-refractivity contribution >= 4 is 27.5 Å². The van der Waals surface area contributed by atoms with Crippen molar-refractivity contribution < 1.29 is 19.1 Å². The number of aromatic nitrogens is 1. The van der Waals surface area contributed by atoms with Crippen molar-refractivity contribution in [2.45, 2.75) is 19.3 Å². The van der Waals surface area contributed by atoms with Crippen LogP contribution in [0.1, 0.15) is 19.3 Å². The van der Waals surface area contributed by atoms with Gasteiger partial charge in [0, 0.05) is 18.1 Å². The van der Waals surface area contributed by atoms with Crippen molar-refractivity contribution in [3.63, 3.8) is 0 Å². The molecule has 0 fully saturated rings. The summed E-state index contributed by atoms with van der Waals surface area (Å²) in [5.74, 6) is -0.364. The average molecular weight is 360 g/mol. The van der Waals surface area contributed by atoms with Gasteiger partial charge >= 0.3 is 0 Å². The fourth-order valence-electron chi connectivity index (χ4n) is 2.38. The standard InChI is InChI=1S/C18H17FN2O3S/c19-14-11-12(24-10-4-3-7-17(22)21-23)8-9-13(14)18-20-15-5-1-2-6-16(15)25-18/h1-2,5-6,8-9,11,23H,3-4,7,10H2,(H,21,22). The lowest BCUT2D eigenvalue weighted by Crippen LogP contribution is -2.18. The summed E-state index contributed by atoms with van der Waals surface area (Å²) in [6.07, 6.45) is 1.44. The zero-order valence-corrected chi connectivity index (χ0v) is 14.2. The summed E-state index contributed by atoms with van der Waals surface area (Å²) < 4.78 is 20.9. The van der Waals surface area contributed by atoms with Gasteiger partial charge in [0.15, 0.2) is 0 Å². The lowest BCUT2D eigenvalue weighted by atomic mass is 10.2. The maximum absolute atomic E-state index is 14.4. The summed E-state index contributed by atoms with van der Waals surface area (Å²) in [5.41, 5.74) is 2.89. The van der Waals surface area contributed by atoms with E-state index >= 15 is 0 Å². The molecule has 1 heterocycles. The molecule has 0 bridgehead atoms. The molecular weight excluding hydrogens is 343 g/mol. The molecular formula is C18H17FN2O3S. The highest BCUT2D eigenvalue weighted by molar-refractivity contribution is 7.21. The summed E-state index contributed by atoms with van der Waals surface area (Å²) in [4.78, 5) is 15.3. The monoisotopic (exact) mass is 360 g/mol. The van der Waals surface area contributed by atoms with Gasteiger partial charge in [-0.05, 0) is 37.1 Å². The molecule has 7 heteroatoms. The summed E-state index contributed by atoms with van der Waals surface area (Å²) in [6.45, 7) is 0.374. The summed E-state index contributed by atoms with van der Waals surface area (Å²) in [7, 11) is 0. The van der Waals surface area contributed by atoms with Crippen molar-refractivity contribution in [1.82, 2.24) is 10.5 Å². The number of para-hydroxylation sites is 1. The van der Waals surface area contributed by atoms with Gasteiger partial charge in [-0.25, -0.2) is 14.9 Å². The van der Waals surface area contributed by atoms with E-state index in [2.05, 4.69) is 4.98 Å². The number of benzene rings is 2. The number of ether oxygens (including phenoxy) is 1. The van der Waals surface area contributed by atoms with Crippen LogP contribution in [0, 0.1) is 5.82 Å². The SMILES string of the molecule is O=C(CCCCOc1ccc(-c2nc3ccccc3s2)c(F)c1)NO. The van der Waals surface area contributed by atoms with E-state index in [-0.39, 0.29) is 12.2 Å². The molecule has 0 aliphatic carbocycles. The Morgan fingerprint density at radius 2 is 2.08 bits per heavy atom. The molecule has 0 saturated carbocycles. The van der Waals surface area contributed by atoms with Crippen LogP contribution in [0.15, 0.2) is 42.5 Å². The van der Waals surface area contributed by atoms with E-state index < -0.39 is 5.91 Å². The first kappa shape index (κ1) is 17.3. The zero-order chi connectivity index (χ0) is 17.6. The van der Waals surface area contributed by atoms with Crippen LogP contribution in [0.5, 0.6) is 5.75 Å². The fraction of sp³-hybridized carbons (Fsp3) is 0.222. The minimum absolute atomic E-state index is 0.227. The molecule has 1 aromatic heterocycles. The second-order valence-electron chi connectivity index (χ2n) is 5.47. The molecule has 130 valence electrons. The molecule has 3 aromatic rings. The Morgan fingerprint density at radius 3 is 2.84 bits per heavy atom. The van der Waals surface area contributed by atoms with Gasteiger partial charge in [0.1, 0.15) is 16.6 Å². The summed E-state index contributed by atoms with van der Waals surface area (Å²) in [6, 6.07) is 12.4. The first-order chi connectivity index (χ1) is 12.2. The highest BCUT2D eigenvalue weighted by Gasteiger charge is 2.11. The van der Waals surface area contributed by atoms with Gasteiger partial charge in [0.25, 0.3) is 0 Å². The number of fused-ring (bicyclic) bond motifs is 1. The third kappa shape index (κ3) is 4.32. The minimum Gasteiger partial charge on any atom is -0.493 e. The third-order valence-electron chi connectivity index (χ3n) is 3.66. The summed E-state index contributed by atoms with van der Waals surface area (Å²) in [5, 5.41) is 9.03. The Bertz CT molecular complexity index is 849. The number of hydrogen-bond acceptors (Lipinski definition) is 5. The highest BCUT2D eigenvalue weighted by Crippen LogP contribution is 2.32. The van der Waals surface area contributed by atoms with Gasteiger partial charge in [0.05, 0.1) is 16.8 Å². The average Bonchev–Trinajstić information content (AvgIpc) is 3.05. The van der Waals surface area contributed by atoms with Crippen molar-refractivity contribution in [3.05, 3.63) is 48.3 Å². The largest absolute Gasteiger partial charge is 0.493 e. The molecule has 2 aromatic carbocycles. The highest BCUT2D eigenvalue weighted by atomic mass is 32.1. The van der Waals surface area contributed by atoms with E-state index in [1.54, 1.807) is 17.6 Å². The molecule has 0 atom stereocenters. The van der Waals surface area contributed by atoms with E-state index in [0.717, 1.165) is 10.2 Å². The van der Waals surface area contributed by atoms with Crippen LogP contribution < -0.4 is 10.2 Å². The molecule has 1 amide bonds. The van der Waals surface area contributed by atoms with Crippen LogP contribution in [0.2, 0.25) is 0 Å².